The van der Waals surface area contributed by atoms with Gasteiger partial charge in [-0.15, -0.1) is 6.42 Å². The Hall–Kier alpha value is -1.95. The maximum atomic E-state index is 11.6. The Morgan fingerprint density at radius 1 is 1.41 bits per heavy atom. The lowest BCUT2D eigenvalue weighted by Crippen LogP contribution is -2.52. The van der Waals surface area contributed by atoms with Gasteiger partial charge in [-0.2, -0.15) is 0 Å². The number of carbonyl (C=O) groups is 1. The molecule has 0 spiro atoms. The third kappa shape index (κ3) is 2.79. The molecule has 2 rings (SSSR count). The quantitative estimate of drug-likeness (QED) is 0.808. The predicted octanol–water partition coefficient (Wildman–Crippen LogP) is 2.47. The Morgan fingerprint density at radius 3 is 2.65 bits per heavy atom. The molecular formula is C14H15NO2. The van der Waals surface area contributed by atoms with Crippen molar-refractivity contribution in [3.63, 3.8) is 0 Å². The molecule has 17 heavy (non-hydrogen) atoms. The molecule has 88 valence electrons. The van der Waals surface area contributed by atoms with Gasteiger partial charge in [0.05, 0.1) is 0 Å². The van der Waals surface area contributed by atoms with Gasteiger partial charge in [0, 0.05) is 0 Å². The fraction of sp³-hybridized carbons (Fsp3) is 0.357. The Balaban J connectivity index is 1.81. The number of hydrogen-bond acceptors (Lipinski definition) is 2. The summed E-state index contributed by atoms with van der Waals surface area (Å²) in [6.45, 7) is 0.271. The van der Waals surface area contributed by atoms with Crippen LogP contribution in [0.15, 0.2) is 30.3 Å². The number of terminal acetylenes is 1. The van der Waals surface area contributed by atoms with Crippen molar-refractivity contribution in [2.45, 2.75) is 31.4 Å². The zero-order chi connectivity index (χ0) is 12.1. The summed E-state index contributed by atoms with van der Waals surface area (Å²) in [6, 6.07) is 9.56. The molecule has 1 N–H and O–H groups in total. The second kappa shape index (κ2) is 4.92. The Bertz CT molecular complexity index is 429. The summed E-state index contributed by atoms with van der Waals surface area (Å²) >= 11 is 0. The monoisotopic (exact) mass is 229 g/mol. The SMILES string of the molecule is C#CC1(NC(=O)OCc2ccccc2)CCC1. The van der Waals surface area contributed by atoms with Gasteiger partial charge >= 0.3 is 6.09 Å². The van der Waals surface area contributed by atoms with Gasteiger partial charge in [-0.05, 0) is 24.8 Å². The van der Waals surface area contributed by atoms with E-state index in [-0.39, 0.29) is 6.61 Å². The number of carbonyl (C=O) groups excluding carboxylic acids is 1. The topological polar surface area (TPSA) is 38.3 Å². The van der Waals surface area contributed by atoms with Gasteiger partial charge in [0.25, 0.3) is 0 Å². The Kier molecular flexibility index (Phi) is 3.34. The number of nitrogens with one attached hydrogen (secondary N) is 1. The molecule has 1 aromatic rings. The lowest BCUT2D eigenvalue weighted by atomic mass is 9.78. The fourth-order valence-corrected chi connectivity index (χ4v) is 1.79. The minimum atomic E-state index is -0.465. The van der Waals surface area contributed by atoms with Crippen LogP contribution < -0.4 is 5.32 Å². The van der Waals surface area contributed by atoms with Crippen LogP contribution in [0.1, 0.15) is 24.8 Å². The number of amides is 1. The smallest absolute Gasteiger partial charge is 0.408 e. The maximum absolute atomic E-state index is 11.6. The van der Waals surface area contributed by atoms with E-state index >= 15 is 0 Å². The molecule has 0 unspecified atom stereocenters. The van der Waals surface area contributed by atoms with Gasteiger partial charge in [-0.1, -0.05) is 36.3 Å². The predicted molar refractivity (Wildman–Crippen MR) is 65.2 cm³/mol. The molecule has 0 atom stereocenters. The molecule has 0 saturated heterocycles. The zero-order valence-electron chi connectivity index (χ0n) is 9.61. The summed E-state index contributed by atoms with van der Waals surface area (Å²) in [5.74, 6) is 2.63. The summed E-state index contributed by atoms with van der Waals surface area (Å²) in [4.78, 5) is 11.6. The first-order chi connectivity index (χ1) is 8.24. The van der Waals surface area contributed by atoms with Crippen LogP contribution in [0.3, 0.4) is 0 Å². The van der Waals surface area contributed by atoms with E-state index in [2.05, 4.69) is 11.2 Å². The molecule has 1 aliphatic rings. The maximum Gasteiger partial charge on any atom is 0.408 e. The standard InChI is InChI=1S/C14H15NO2/c1-2-14(9-6-10-14)15-13(16)17-11-12-7-4-3-5-8-12/h1,3-5,7-8H,6,9-11H2,(H,15,16). The minimum Gasteiger partial charge on any atom is -0.445 e. The molecule has 0 radical (unpaired) electrons. The summed E-state index contributed by atoms with van der Waals surface area (Å²) in [7, 11) is 0. The van der Waals surface area contributed by atoms with Crippen molar-refractivity contribution in [2.75, 3.05) is 0 Å². The number of ether oxygens (including phenoxy) is 1. The molecule has 3 heteroatoms. The van der Waals surface area contributed by atoms with Gasteiger partial charge in [0.2, 0.25) is 0 Å². The van der Waals surface area contributed by atoms with E-state index in [0.717, 1.165) is 24.8 Å². The normalized spacial score (nSPS) is 16.4. The molecular weight excluding hydrogens is 214 g/mol. The van der Waals surface area contributed by atoms with Crippen LogP contribution in [-0.4, -0.2) is 11.6 Å². The van der Waals surface area contributed by atoms with Crippen LogP contribution in [0.5, 0.6) is 0 Å². The second-order valence-electron chi connectivity index (χ2n) is 4.27. The van der Waals surface area contributed by atoms with Crippen molar-refractivity contribution in [3.8, 4) is 12.3 Å². The average molecular weight is 229 g/mol. The van der Waals surface area contributed by atoms with Crippen LogP contribution in [-0.2, 0) is 11.3 Å². The van der Waals surface area contributed by atoms with Gasteiger partial charge in [0.1, 0.15) is 12.1 Å². The molecule has 3 nitrogen and oxygen atoms in total. The summed E-state index contributed by atoms with van der Waals surface area (Å²) in [6.07, 6.45) is 7.70. The van der Waals surface area contributed by atoms with Crippen molar-refractivity contribution < 1.29 is 9.53 Å². The fourth-order valence-electron chi connectivity index (χ4n) is 1.79. The first kappa shape index (κ1) is 11.5. The number of hydrogen-bond donors (Lipinski definition) is 1. The molecule has 1 fully saturated rings. The van der Waals surface area contributed by atoms with E-state index in [1.165, 1.54) is 0 Å². The van der Waals surface area contributed by atoms with Crippen molar-refractivity contribution >= 4 is 6.09 Å². The molecule has 1 amide bonds. The number of rotatable bonds is 3. The largest absolute Gasteiger partial charge is 0.445 e. The molecule has 0 aliphatic heterocycles. The van der Waals surface area contributed by atoms with Crippen LogP contribution in [0, 0.1) is 12.3 Å². The van der Waals surface area contributed by atoms with E-state index in [1.54, 1.807) is 0 Å². The van der Waals surface area contributed by atoms with E-state index in [4.69, 9.17) is 11.2 Å². The lowest BCUT2D eigenvalue weighted by molar-refractivity contribution is 0.121. The third-order valence-electron chi connectivity index (χ3n) is 3.04. The molecule has 0 aromatic heterocycles. The van der Waals surface area contributed by atoms with E-state index in [0.29, 0.717) is 0 Å². The Labute approximate surface area is 101 Å². The van der Waals surface area contributed by atoms with E-state index < -0.39 is 11.6 Å². The summed E-state index contributed by atoms with van der Waals surface area (Å²) in [5.41, 5.74) is 0.499. The molecule has 1 saturated carbocycles. The van der Waals surface area contributed by atoms with Crippen LogP contribution in [0.25, 0.3) is 0 Å². The van der Waals surface area contributed by atoms with Crippen LogP contribution >= 0.6 is 0 Å². The molecule has 1 aromatic carbocycles. The summed E-state index contributed by atoms with van der Waals surface area (Å²) < 4.78 is 5.12. The number of alkyl carbamates (subject to hydrolysis) is 1. The molecule has 0 heterocycles. The van der Waals surface area contributed by atoms with Gasteiger partial charge in [-0.25, -0.2) is 4.79 Å². The highest BCUT2D eigenvalue weighted by Gasteiger charge is 2.36. The first-order valence-electron chi connectivity index (χ1n) is 5.71. The van der Waals surface area contributed by atoms with Crippen molar-refractivity contribution in [2.24, 2.45) is 0 Å². The first-order valence-corrected chi connectivity index (χ1v) is 5.71. The number of benzene rings is 1. The van der Waals surface area contributed by atoms with Gasteiger partial charge < -0.3 is 10.1 Å². The van der Waals surface area contributed by atoms with Gasteiger partial charge in [-0.3, -0.25) is 0 Å². The highest BCUT2D eigenvalue weighted by atomic mass is 16.5. The van der Waals surface area contributed by atoms with Crippen molar-refractivity contribution in [1.82, 2.24) is 5.32 Å². The minimum absolute atomic E-state index is 0.271. The third-order valence-corrected chi connectivity index (χ3v) is 3.04. The van der Waals surface area contributed by atoms with Crippen molar-refractivity contribution in [1.29, 1.82) is 0 Å². The van der Waals surface area contributed by atoms with Crippen LogP contribution in [0.2, 0.25) is 0 Å². The van der Waals surface area contributed by atoms with Crippen LogP contribution in [0.4, 0.5) is 4.79 Å². The second-order valence-corrected chi connectivity index (χ2v) is 4.27. The summed E-state index contributed by atoms with van der Waals surface area (Å²) in [5, 5.41) is 2.75. The highest BCUT2D eigenvalue weighted by molar-refractivity contribution is 5.69. The van der Waals surface area contributed by atoms with Gasteiger partial charge in [0.15, 0.2) is 0 Å². The Morgan fingerprint density at radius 2 is 2.12 bits per heavy atom. The average Bonchev–Trinajstić information content (AvgIpc) is 2.33. The van der Waals surface area contributed by atoms with Crippen molar-refractivity contribution in [3.05, 3.63) is 35.9 Å². The highest BCUT2D eigenvalue weighted by Crippen LogP contribution is 2.30. The zero-order valence-corrected chi connectivity index (χ0v) is 9.61. The molecule has 1 aliphatic carbocycles. The van der Waals surface area contributed by atoms with E-state index in [9.17, 15) is 4.79 Å². The molecule has 0 bridgehead atoms. The van der Waals surface area contributed by atoms with E-state index in [1.807, 2.05) is 30.3 Å². The lowest BCUT2D eigenvalue weighted by Gasteiger charge is -2.37.